The van der Waals surface area contributed by atoms with Gasteiger partial charge in [0.1, 0.15) is 0 Å². The van der Waals surface area contributed by atoms with Gasteiger partial charge in [0, 0.05) is 11.6 Å². The van der Waals surface area contributed by atoms with E-state index >= 15 is 0 Å². The van der Waals surface area contributed by atoms with E-state index in [1.165, 1.54) is 54.5 Å². The lowest BCUT2D eigenvalue weighted by Crippen LogP contribution is -2.22. The summed E-state index contributed by atoms with van der Waals surface area (Å²) >= 11 is 0. The Hall–Kier alpha value is -1.37. The molecule has 2 aliphatic carbocycles. The van der Waals surface area contributed by atoms with E-state index in [9.17, 15) is 0 Å². The van der Waals surface area contributed by atoms with Crippen LogP contribution in [0, 0.1) is 5.92 Å². The monoisotopic (exact) mass is 237 g/mol. The van der Waals surface area contributed by atoms with Gasteiger partial charge >= 0.3 is 0 Å². The van der Waals surface area contributed by atoms with E-state index < -0.39 is 0 Å². The lowest BCUT2D eigenvalue weighted by Gasteiger charge is -2.23. The number of fused-ring (bicyclic) bond motifs is 3. The summed E-state index contributed by atoms with van der Waals surface area (Å²) in [6.07, 6.45) is 7.35. The molecule has 1 nitrogen and oxygen atoms in total. The quantitative estimate of drug-likeness (QED) is 0.606. The van der Waals surface area contributed by atoms with Crippen LogP contribution in [0.4, 0.5) is 0 Å². The zero-order chi connectivity index (χ0) is 12.2. The van der Waals surface area contributed by atoms with Crippen molar-refractivity contribution >= 4 is 5.71 Å². The molecule has 0 N–H and O–H groups in total. The SMILES string of the molecule is C=C1CCC2(C1)CC1CCc3ccccc3C1=N2. The summed E-state index contributed by atoms with van der Waals surface area (Å²) in [5.74, 6) is 0.714. The van der Waals surface area contributed by atoms with Gasteiger partial charge in [-0.3, -0.25) is 4.99 Å². The Bertz CT molecular complexity index is 554. The second-order valence-corrected chi connectivity index (χ2v) is 6.25. The summed E-state index contributed by atoms with van der Waals surface area (Å²) in [6, 6.07) is 8.85. The molecule has 92 valence electrons. The molecular weight excluding hydrogens is 218 g/mol. The number of hydrogen-bond acceptors (Lipinski definition) is 1. The molecule has 1 fully saturated rings. The summed E-state index contributed by atoms with van der Waals surface area (Å²) in [7, 11) is 0. The van der Waals surface area contributed by atoms with Crippen molar-refractivity contribution in [2.75, 3.05) is 0 Å². The summed E-state index contributed by atoms with van der Waals surface area (Å²) < 4.78 is 0. The van der Waals surface area contributed by atoms with Gasteiger partial charge in [0.25, 0.3) is 0 Å². The van der Waals surface area contributed by atoms with Crippen LogP contribution in [-0.4, -0.2) is 11.3 Å². The van der Waals surface area contributed by atoms with Gasteiger partial charge in [0.05, 0.1) is 5.54 Å². The summed E-state index contributed by atoms with van der Waals surface area (Å²) in [6.45, 7) is 4.17. The molecule has 1 spiro atoms. The van der Waals surface area contributed by atoms with Gasteiger partial charge in [-0.1, -0.05) is 36.4 Å². The van der Waals surface area contributed by atoms with Crippen LogP contribution in [0.15, 0.2) is 41.4 Å². The predicted molar refractivity (Wildman–Crippen MR) is 75.1 cm³/mol. The molecule has 1 heteroatoms. The zero-order valence-electron chi connectivity index (χ0n) is 10.8. The minimum atomic E-state index is 0.231. The molecule has 2 atom stereocenters. The van der Waals surface area contributed by atoms with E-state index in [0.717, 1.165) is 6.42 Å². The van der Waals surface area contributed by atoms with Crippen molar-refractivity contribution < 1.29 is 0 Å². The van der Waals surface area contributed by atoms with Crippen molar-refractivity contribution in [2.24, 2.45) is 10.9 Å². The number of aryl methyl sites for hydroxylation is 1. The first-order valence-electron chi connectivity index (χ1n) is 7.10. The van der Waals surface area contributed by atoms with Crippen molar-refractivity contribution in [3.05, 3.63) is 47.5 Å². The van der Waals surface area contributed by atoms with E-state index in [1.54, 1.807) is 0 Å². The van der Waals surface area contributed by atoms with Crippen LogP contribution in [0.2, 0.25) is 0 Å². The minimum absolute atomic E-state index is 0.231. The maximum atomic E-state index is 5.19. The highest BCUT2D eigenvalue weighted by atomic mass is 14.9. The summed E-state index contributed by atoms with van der Waals surface area (Å²) in [5, 5.41) is 0. The third kappa shape index (κ3) is 1.43. The van der Waals surface area contributed by atoms with E-state index in [-0.39, 0.29) is 5.54 Å². The van der Waals surface area contributed by atoms with Gasteiger partial charge in [0.2, 0.25) is 0 Å². The normalized spacial score (nSPS) is 33.4. The number of aliphatic imine (C=N–C) groups is 1. The first-order valence-corrected chi connectivity index (χ1v) is 7.10. The molecule has 0 aromatic heterocycles. The molecule has 1 aromatic carbocycles. The third-order valence-electron chi connectivity index (χ3n) is 4.95. The van der Waals surface area contributed by atoms with Crippen LogP contribution in [0.5, 0.6) is 0 Å². The Morgan fingerprint density at radius 3 is 2.94 bits per heavy atom. The van der Waals surface area contributed by atoms with E-state index in [4.69, 9.17) is 4.99 Å². The maximum Gasteiger partial charge on any atom is 0.0658 e. The molecule has 0 bridgehead atoms. The highest BCUT2D eigenvalue weighted by Gasteiger charge is 2.45. The fraction of sp³-hybridized carbons (Fsp3) is 0.471. The molecule has 1 aromatic rings. The fourth-order valence-corrected chi connectivity index (χ4v) is 4.11. The largest absolute Gasteiger partial charge is 0.282 e. The molecule has 1 saturated carbocycles. The smallest absolute Gasteiger partial charge is 0.0658 e. The first-order chi connectivity index (χ1) is 8.76. The highest BCUT2D eigenvalue weighted by Crippen LogP contribution is 2.48. The van der Waals surface area contributed by atoms with Gasteiger partial charge in [0.15, 0.2) is 0 Å². The molecule has 0 amide bonds. The van der Waals surface area contributed by atoms with Crippen LogP contribution in [-0.2, 0) is 6.42 Å². The molecule has 2 unspecified atom stereocenters. The topological polar surface area (TPSA) is 12.4 Å². The van der Waals surface area contributed by atoms with Crippen molar-refractivity contribution in [1.29, 1.82) is 0 Å². The molecule has 1 aliphatic heterocycles. The second kappa shape index (κ2) is 3.57. The minimum Gasteiger partial charge on any atom is -0.282 e. The summed E-state index contributed by atoms with van der Waals surface area (Å²) in [5.41, 5.74) is 5.98. The van der Waals surface area contributed by atoms with E-state index in [0.29, 0.717) is 5.92 Å². The zero-order valence-corrected chi connectivity index (χ0v) is 10.8. The van der Waals surface area contributed by atoms with Crippen molar-refractivity contribution in [3.8, 4) is 0 Å². The van der Waals surface area contributed by atoms with Crippen molar-refractivity contribution in [3.63, 3.8) is 0 Å². The van der Waals surface area contributed by atoms with Crippen LogP contribution in [0.3, 0.4) is 0 Å². The number of benzene rings is 1. The summed E-state index contributed by atoms with van der Waals surface area (Å²) in [4.78, 5) is 5.19. The fourth-order valence-electron chi connectivity index (χ4n) is 4.11. The van der Waals surface area contributed by atoms with Gasteiger partial charge in [-0.25, -0.2) is 0 Å². The standard InChI is InChI=1S/C17H19N/c1-12-8-9-17(10-12)11-14-7-6-13-4-2-3-5-15(13)16(14)18-17/h2-5,14H,1,6-11H2. The van der Waals surface area contributed by atoms with Crippen LogP contribution < -0.4 is 0 Å². The predicted octanol–water partition coefficient (Wildman–Crippen LogP) is 3.92. The van der Waals surface area contributed by atoms with E-state index in [2.05, 4.69) is 30.8 Å². The Morgan fingerprint density at radius 1 is 1.22 bits per heavy atom. The molecule has 4 rings (SSSR count). The third-order valence-corrected chi connectivity index (χ3v) is 4.95. The molecular formula is C17H19N. The lowest BCUT2D eigenvalue weighted by atomic mass is 9.79. The average molecular weight is 237 g/mol. The number of nitrogens with zero attached hydrogens (tertiary/aromatic N) is 1. The van der Waals surface area contributed by atoms with Gasteiger partial charge in [-0.05, 0) is 49.7 Å². The van der Waals surface area contributed by atoms with Gasteiger partial charge in [-0.2, -0.15) is 0 Å². The van der Waals surface area contributed by atoms with E-state index in [1.807, 2.05) is 0 Å². The van der Waals surface area contributed by atoms with Crippen LogP contribution >= 0.6 is 0 Å². The Kier molecular flexibility index (Phi) is 2.09. The van der Waals surface area contributed by atoms with Crippen molar-refractivity contribution in [1.82, 2.24) is 0 Å². The van der Waals surface area contributed by atoms with Crippen LogP contribution in [0.25, 0.3) is 0 Å². The van der Waals surface area contributed by atoms with Crippen LogP contribution in [0.1, 0.15) is 43.2 Å². The Balaban J connectivity index is 1.79. The first kappa shape index (κ1) is 10.5. The van der Waals surface area contributed by atoms with Gasteiger partial charge in [-0.15, -0.1) is 0 Å². The second-order valence-electron chi connectivity index (χ2n) is 6.25. The number of hydrogen-bond donors (Lipinski definition) is 0. The average Bonchev–Trinajstić information content (AvgIpc) is 2.92. The Morgan fingerprint density at radius 2 is 2.11 bits per heavy atom. The number of rotatable bonds is 0. The van der Waals surface area contributed by atoms with Crippen molar-refractivity contribution in [2.45, 2.75) is 44.1 Å². The Labute approximate surface area is 109 Å². The molecule has 1 heterocycles. The highest BCUT2D eigenvalue weighted by molar-refractivity contribution is 6.05. The molecule has 18 heavy (non-hydrogen) atoms. The molecule has 3 aliphatic rings. The maximum absolute atomic E-state index is 5.19. The molecule has 0 radical (unpaired) electrons. The lowest BCUT2D eigenvalue weighted by molar-refractivity contribution is 0.397. The molecule has 0 saturated heterocycles. The van der Waals surface area contributed by atoms with Gasteiger partial charge < -0.3 is 0 Å².